The summed E-state index contributed by atoms with van der Waals surface area (Å²) in [5.41, 5.74) is 0. The molecule has 0 N–H and O–H groups in total. The first-order valence-corrected chi connectivity index (χ1v) is 26.7. The Bertz CT molecular complexity index is 450. The maximum atomic E-state index is 12.0. The summed E-state index contributed by atoms with van der Waals surface area (Å²) >= 11 is 0.253. The first-order valence-electron chi connectivity index (χ1n) is 10.1. The predicted molar refractivity (Wildman–Crippen MR) is 127 cm³/mol. The van der Waals surface area contributed by atoms with Crippen LogP contribution >= 0.6 is 18.6 Å². The van der Waals surface area contributed by atoms with Crippen LogP contribution in [0.5, 0.6) is 0 Å². The van der Waals surface area contributed by atoms with Crippen molar-refractivity contribution in [3.8, 4) is 0 Å². The number of hydrogen-bond acceptors (Lipinski definition) is 3. The quantitative estimate of drug-likeness (QED) is 0.104. The minimum absolute atomic E-state index is 0.196. The number of methoxy groups -OCH3 is 1. The molecule has 0 aliphatic rings. The molecule has 0 fully saturated rings. The molecule has 0 saturated carbocycles. The van der Waals surface area contributed by atoms with E-state index in [4.69, 9.17) is 9.16 Å². The van der Waals surface area contributed by atoms with Gasteiger partial charge in [0.1, 0.15) is 0 Å². The van der Waals surface area contributed by atoms with Gasteiger partial charge in [-0.15, -0.1) is 0 Å². The van der Waals surface area contributed by atoms with Crippen molar-refractivity contribution in [1.82, 2.24) is 0 Å². The number of carbonyl (C=O) groups is 1. The van der Waals surface area contributed by atoms with Crippen molar-refractivity contribution in [1.29, 1.82) is 0 Å². The second kappa shape index (κ2) is 12.5. The van der Waals surface area contributed by atoms with E-state index in [1.807, 2.05) is 6.08 Å². The van der Waals surface area contributed by atoms with Crippen molar-refractivity contribution < 1.29 is 14.0 Å². The molecule has 6 heteroatoms. The third kappa shape index (κ3) is 9.41. The van der Waals surface area contributed by atoms with Gasteiger partial charge in [0, 0.05) is 0 Å². The summed E-state index contributed by atoms with van der Waals surface area (Å²) in [6, 6.07) is 0. The molecule has 0 aromatic rings. The molecule has 0 aromatic heterocycles. The monoisotopic (exact) mass is 604 g/mol. The van der Waals surface area contributed by atoms with Gasteiger partial charge in [-0.05, 0) is 0 Å². The van der Waals surface area contributed by atoms with Crippen LogP contribution in [0, 0.1) is 0 Å². The second-order valence-corrected chi connectivity index (χ2v) is 37.6. The molecule has 3 nitrogen and oxygen atoms in total. The van der Waals surface area contributed by atoms with Gasteiger partial charge in [0.2, 0.25) is 0 Å². The molecular weight excluding hydrogens is 562 g/mol. The van der Waals surface area contributed by atoms with Crippen molar-refractivity contribution >= 4 is 47.3 Å². The Hall–Kier alpha value is 0.916. The number of unbranched alkanes of at least 4 members (excludes halogenated alkanes) is 2. The molecule has 0 heterocycles. The molecule has 0 atom stereocenters. The van der Waals surface area contributed by atoms with Gasteiger partial charge < -0.3 is 0 Å². The van der Waals surface area contributed by atoms with E-state index in [-0.39, 0.29) is 11.0 Å². The molecule has 0 amide bonds. The Balaban J connectivity index is 5.36. The zero-order valence-electron chi connectivity index (χ0n) is 18.3. The van der Waals surface area contributed by atoms with E-state index < -0.39 is 22.7 Å². The van der Waals surface area contributed by atoms with Gasteiger partial charge in [0.05, 0.1) is 0 Å². The van der Waals surface area contributed by atoms with Crippen LogP contribution in [0.15, 0.2) is 9.67 Å². The van der Waals surface area contributed by atoms with E-state index in [0.29, 0.717) is 0 Å². The predicted octanol–water partition coefficient (Wildman–Crippen LogP) is 7.02. The van der Waals surface area contributed by atoms with Crippen LogP contribution in [0.25, 0.3) is 0 Å². The molecule has 26 heavy (non-hydrogen) atoms. The summed E-state index contributed by atoms with van der Waals surface area (Å²) in [6.45, 7) is 16.7. The number of hydrogen-bond donors (Lipinski definition) is 0. The standard InChI is InChI=1S/C12H23O3Si.2C4H9.HI.Sn/c1-12(2,3)16(5,6)15-10-8-7-9-11(13)14-4;2*1-3-4-2;;/h9H,8,10H2,1-6H3;2*1,3-4H2,2H3;1H;/q;;;;+1/p-1. The van der Waals surface area contributed by atoms with Crippen LogP contribution in [-0.2, 0) is 14.0 Å². The summed E-state index contributed by atoms with van der Waals surface area (Å²) in [6.07, 6.45) is 7.70. The maximum absolute atomic E-state index is 12.0. The molecular formula is C20H41IO3SiSn. The Morgan fingerprint density at radius 3 is 2.00 bits per heavy atom. The average molecular weight is 603 g/mol. The van der Waals surface area contributed by atoms with Crippen molar-refractivity contribution in [2.45, 2.75) is 93.7 Å². The first kappa shape index (κ1) is 26.9. The van der Waals surface area contributed by atoms with Crippen molar-refractivity contribution in [2.75, 3.05) is 13.7 Å². The molecule has 0 spiro atoms. The zero-order valence-corrected chi connectivity index (χ0v) is 24.3. The van der Waals surface area contributed by atoms with Gasteiger partial charge >= 0.3 is 178 Å². The van der Waals surface area contributed by atoms with Crippen LogP contribution in [-0.4, -0.2) is 42.4 Å². The number of carbonyl (C=O) groups excluding carboxylic acids is 1. The average Bonchev–Trinajstić information content (AvgIpc) is 2.55. The Labute approximate surface area is 177 Å². The van der Waals surface area contributed by atoms with E-state index >= 15 is 0 Å². The summed E-state index contributed by atoms with van der Waals surface area (Å²) in [5.74, 6) is -0.196. The van der Waals surface area contributed by atoms with Crippen LogP contribution in [0.3, 0.4) is 0 Å². The van der Waals surface area contributed by atoms with Gasteiger partial charge in [-0.2, -0.15) is 0 Å². The fourth-order valence-corrected chi connectivity index (χ4v) is 22.0. The van der Waals surface area contributed by atoms with E-state index in [1.165, 1.54) is 45.3 Å². The van der Waals surface area contributed by atoms with Crippen molar-refractivity contribution in [3.05, 3.63) is 9.67 Å². The SMILES string of the molecule is CCC[CH2][Sn]([I])([CH2]CCC)/[C](=C\C(=O)OC)CCO[Si](C)(C)C(C)(C)C. The Morgan fingerprint density at radius 1 is 1.12 bits per heavy atom. The summed E-state index contributed by atoms with van der Waals surface area (Å²) in [7, 11) is -0.275. The molecule has 0 unspecified atom stereocenters. The van der Waals surface area contributed by atoms with E-state index in [9.17, 15) is 4.79 Å². The molecule has 0 aliphatic heterocycles. The van der Waals surface area contributed by atoms with Crippen molar-refractivity contribution in [3.63, 3.8) is 0 Å². The minimum atomic E-state index is -2.55. The number of ether oxygens (including phenoxy) is 1. The summed E-state index contributed by atoms with van der Waals surface area (Å²) < 4.78 is 15.4. The zero-order chi connectivity index (χ0) is 20.4. The van der Waals surface area contributed by atoms with Crippen LogP contribution in [0.1, 0.15) is 66.7 Å². The molecule has 0 aromatic carbocycles. The molecule has 0 rings (SSSR count). The van der Waals surface area contributed by atoms with Crippen LogP contribution < -0.4 is 0 Å². The number of halogens is 1. The molecule has 0 aliphatic carbocycles. The Morgan fingerprint density at radius 2 is 1.62 bits per heavy atom. The second-order valence-electron chi connectivity index (χ2n) is 8.72. The molecule has 0 saturated heterocycles. The van der Waals surface area contributed by atoms with Gasteiger partial charge in [-0.3, -0.25) is 0 Å². The van der Waals surface area contributed by atoms with Gasteiger partial charge in [-0.25, -0.2) is 0 Å². The van der Waals surface area contributed by atoms with Crippen LogP contribution in [0.2, 0.25) is 27.0 Å². The van der Waals surface area contributed by atoms with E-state index in [1.54, 1.807) is 0 Å². The molecule has 0 bridgehead atoms. The van der Waals surface area contributed by atoms with E-state index in [0.717, 1.165) is 13.0 Å². The Kier molecular flexibility index (Phi) is 12.9. The normalized spacial score (nSPS) is 13.8. The van der Waals surface area contributed by atoms with Crippen LogP contribution in [0.4, 0.5) is 0 Å². The van der Waals surface area contributed by atoms with Gasteiger partial charge in [-0.1, -0.05) is 0 Å². The van der Waals surface area contributed by atoms with Crippen molar-refractivity contribution in [2.24, 2.45) is 0 Å². The fraction of sp³-hybridized carbons (Fsp3) is 0.850. The topological polar surface area (TPSA) is 35.5 Å². The molecule has 154 valence electrons. The van der Waals surface area contributed by atoms with Gasteiger partial charge in [0.25, 0.3) is 0 Å². The molecule has 0 radical (unpaired) electrons. The summed E-state index contributed by atoms with van der Waals surface area (Å²) in [4.78, 5) is 12.0. The first-order chi connectivity index (χ1) is 11.9. The number of rotatable bonds is 12. The van der Waals surface area contributed by atoms with Gasteiger partial charge in [0.15, 0.2) is 0 Å². The third-order valence-electron chi connectivity index (χ3n) is 5.56. The summed E-state index contributed by atoms with van der Waals surface area (Å²) in [5, 5.41) is 0.217. The third-order valence-corrected chi connectivity index (χ3v) is 32.9. The fourth-order valence-electron chi connectivity index (χ4n) is 2.62. The number of esters is 1. The van der Waals surface area contributed by atoms with E-state index in [2.05, 4.69) is 66.3 Å².